The van der Waals surface area contributed by atoms with Crippen LogP contribution in [0.1, 0.15) is 20.3 Å². The summed E-state index contributed by atoms with van der Waals surface area (Å²) in [7, 11) is 0. The molecule has 10 heavy (non-hydrogen) atoms. The van der Waals surface area contributed by atoms with Crippen LogP contribution >= 0.6 is 0 Å². The first-order chi connectivity index (χ1) is 4.83. The maximum Gasteiger partial charge on any atom is 0.0287 e. The summed E-state index contributed by atoms with van der Waals surface area (Å²) in [6.45, 7) is 5.33. The molecule has 1 N–H and O–H groups in total. The highest BCUT2D eigenvalue weighted by Gasteiger charge is 2.03. The largest absolute Gasteiger partial charge is 0.310 e. The molecule has 0 aromatic carbocycles. The van der Waals surface area contributed by atoms with Gasteiger partial charge in [-0.1, -0.05) is 30.7 Å². The lowest BCUT2D eigenvalue weighted by Gasteiger charge is -2.14. The van der Waals surface area contributed by atoms with Gasteiger partial charge in [0.1, 0.15) is 0 Å². The number of hydrogen-bond donors (Lipinski definition) is 1. The molecule has 0 bridgehead atoms. The molecule has 0 saturated carbocycles. The quantitative estimate of drug-likeness (QED) is 0.612. The van der Waals surface area contributed by atoms with Crippen molar-refractivity contribution in [3.05, 3.63) is 23.8 Å². The van der Waals surface area contributed by atoms with Gasteiger partial charge in [0.05, 0.1) is 0 Å². The standard InChI is InChI=1S/C9H15N/c1-3-10-9-6-4-8(2)5-7-9/h4-6,9-10H,3,7H2,1-2H3. The molecule has 1 nitrogen and oxygen atoms in total. The lowest BCUT2D eigenvalue weighted by atomic mass is 10.0. The number of likely N-dealkylation sites (N-methyl/N-ethyl adjacent to an activating group) is 1. The molecule has 0 heterocycles. The summed E-state index contributed by atoms with van der Waals surface area (Å²) in [4.78, 5) is 0. The zero-order valence-corrected chi connectivity index (χ0v) is 6.72. The molecule has 0 amide bonds. The Morgan fingerprint density at radius 1 is 1.70 bits per heavy atom. The van der Waals surface area contributed by atoms with Gasteiger partial charge in [-0.3, -0.25) is 0 Å². The summed E-state index contributed by atoms with van der Waals surface area (Å²) < 4.78 is 0. The van der Waals surface area contributed by atoms with Crippen LogP contribution in [0.4, 0.5) is 0 Å². The summed E-state index contributed by atoms with van der Waals surface area (Å²) in [6.07, 6.45) is 7.83. The summed E-state index contributed by atoms with van der Waals surface area (Å²) >= 11 is 0. The van der Waals surface area contributed by atoms with Crippen molar-refractivity contribution in [1.82, 2.24) is 5.32 Å². The van der Waals surface area contributed by atoms with Crippen LogP contribution in [0.3, 0.4) is 0 Å². The Morgan fingerprint density at radius 3 is 3.00 bits per heavy atom. The van der Waals surface area contributed by atoms with Gasteiger partial charge >= 0.3 is 0 Å². The maximum atomic E-state index is 3.37. The maximum absolute atomic E-state index is 3.37. The zero-order chi connectivity index (χ0) is 7.40. The van der Waals surface area contributed by atoms with Gasteiger partial charge < -0.3 is 5.32 Å². The molecule has 0 aromatic rings. The van der Waals surface area contributed by atoms with Crippen molar-refractivity contribution in [3.63, 3.8) is 0 Å². The van der Waals surface area contributed by atoms with Crippen molar-refractivity contribution in [2.75, 3.05) is 6.54 Å². The molecule has 0 saturated heterocycles. The molecule has 1 aliphatic carbocycles. The third kappa shape index (κ3) is 1.99. The number of hydrogen-bond acceptors (Lipinski definition) is 1. The molecular formula is C9H15N. The van der Waals surface area contributed by atoms with E-state index in [0.29, 0.717) is 6.04 Å². The van der Waals surface area contributed by atoms with E-state index in [0.717, 1.165) is 13.0 Å². The third-order valence-electron chi connectivity index (χ3n) is 1.75. The van der Waals surface area contributed by atoms with Crippen molar-refractivity contribution in [2.24, 2.45) is 0 Å². The first-order valence-corrected chi connectivity index (χ1v) is 3.91. The van der Waals surface area contributed by atoms with Crippen LogP contribution in [0.2, 0.25) is 0 Å². The Labute approximate surface area is 62.8 Å². The Kier molecular flexibility index (Phi) is 2.69. The van der Waals surface area contributed by atoms with Crippen LogP contribution < -0.4 is 5.32 Å². The van der Waals surface area contributed by atoms with E-state index in [4.69, 9.17) is 0 Å². The van der Waals surface area contributed by atoms with Crippen LogP contribution in [0.15, 0.2) is 23.8 Å². The van der Waals surface area contributed by atoms with Crippen LogP contribution in [-0.2, 0) is 0 Å². The molecule has 0 radical (unpaired) electrons. The summed E-state index contributed by atoms with van der Waals surface area (Å²) in [5.74, 6) is 0. The van der Waals surface area contributed by atoms with E-state index < -0.39 is 0 Å². The normalized spacial score (nSPS) is 24.6. The van der Waals surface area contributed by atoms with E-state index in [2.05, 4.69) is 37.4 Å². The van der Waals surface area contributed by atoms with E-state index in [1.807, 2.05) is 0 Å². The molecule has 0 spiro atoms. The van der Waals surface area contributed by atoms with Crippen molar-refractivity contribution in [2.45, 2.75) is 26.3 Å². The minimum atomic E-state index is 0.577. The predicted molar refractivity (Wildman–Crippen MR) is 45.0 cm³/mol. The number of rotatable bonds is 2. The van der Waals surface area contributed by atoms with Crippen LogP contribution in [0, 0.1) is 0 Å². The van der Waals surface area contributed by atoms with E-state index in [9.17, 15) is 0 Å². The second-order valence-electron chi connectivity index (χ2n) is 2.71. The first kappa shape index (κ1) is 7.55. The van der Waals surface area contributed by atoms with Gasteiger partial charge in [-0.25, -0.2) is 0 Å². The summed E-state index contributed by atoms with van der Waals surface area (Å²) in [5.41, 5.74) is 1.38. The minimum absolute atomic E-state index is 0.577. The number of nitrogens with one attached hydrogen (secondary N) is 1. The lowest BCUT2D eigenvalue weighted by molar-refractivity contribution is 0.616. The third-order valence-corrected chi connectivity index (χ3v) is 1.75. The average Bonchev–Trinajstić information content (AvgIpc) is 1.95. The highest BCUT2D eigenvalue weighted by atomic mass is 14.9. The van der Waals surface area contributed by atoms with E-state index in [1.165, 1.54) is 5.57 Å². The van der Waals surface area contributed by atoms with Crippen molar-refractivity contribution >= 4 is 0 Å². The van der Waals surface area contributed by atoms with Crippen LogP contribution in [0.5, 0.6) is 0 Å². The molecule has 1 unspecified atom stereocenters. The van der Waals surface area contributed by atoms with E-state index in [1.54, 1.807) is 0 Å². The zero-order valence-electron chi connectivity index (χ0n) is 6.72. The molecule has 1 aliphatic rings. The van der Waals surface area contributed by atoms with Gasteiger partial charge in [0.2, 0.25) is 0 Å². The topological polar surface area (TPSA) is 12.0 Å². The molecule has 0 fully saturated rings. The molecule has 56 valence electrons. The first-order valence-electron chi connectivity index (χ1n) is 3.91. The van der Waals surface area contributed by atoms with Crippen LogP contribution in [-0.4, -0.2) is 12.6 Å². The lowest BCUT2D eigenvalue weighted by Crippen LogP contribution is -2.27. The molecule has 1 atom stereocenters. The predicted octanol–water partition coefficient (Wildman–Crippen LogP) is 1.87. The smallest absolute Gasteiger partial charge is 0.0287 e. The van der Waals surface area contributed by atoms with Crippen molar-refractivity contribution in [3.8, 4) is 0 Å². The minimum Gasteiger partial charge on any atom is -0.310 e. The van der Waals surface area contributed by atoms with Gasteiger partial charge in [0.25, 0.3) is 0 Å². The monoisotopic (exact) mass is 137 g/mol. The molecule has 0 aromatic heterocycles. The van der Waals surface area contributed by atoms with Gasteiger partial charge in [-0.2, -0.15) is 0 Å². The van der Waals surface area contributed by atoms with E-state index in [-0.39, 0.29) is 0 Å². The van der Waals surface area contributed by atoms with Gasteiger partial charge in [0.15, 0.2) is 0 Å². The SMILES string of the molecule is CCNC1C=CC(C)=CC1. The Hall–Kier alpha value is -0.560. The fraction of sp³-hybridized carbons (Fsp3) is 0.556. The van der Waals surface area contributed by atoms with Gasteiger partial charge in [-0.05, 0) is 19.9 Å². The Morgan fingerprint density at radius 2 is 2.50 bits per heavy atom. The number of allylic oxidation sites excluding steroid dienone is 2. The summed E-state index contributed by atoms with van der Waals surface area (Å²) in [6, 6.07) is 0.577. The molecule has 1 rings (SSSR count). The molecule has 0 aliphatic heterocycles. The molecular weight excluding hydrogens is 122 g/mol. The Balaban J connectivity index is 2.37. The Bertz CT molecular complexity index is 156. The highest BCUT2D eigenvalue weighted by Crippen LogP contribution is 2.08. The van der Waals surface area contributed by atoms with Crippen molar-refractivity contribution in [1.29, 1.82) is 0 Å². The second kappa shape index (κ2) is 3.57. The van der Waals surface area contributed by atoms with E-state index >= 15 is 0 Å². The van der Waals surface area contributed by atoms with Gasteiger partial charge in [0, 0.05) is 6.04 Å². The summed E-state index contributed by atoms with van der Waals surface area (Å²) in [5, 5.41) is 3.37. The van der Waals surface area contributed by atoms with Crippen molar-refractivity contribution < 1.29 is 0 Å². The highest BCUT2D eigenvalue weighted by molar-refractivity contribution is 5.22. The van der Waals surface area contributed by atoms with Gasteiger partial charge in [-0.15, -0.1) is 0 Å². The second-order valence-corrected chi connectivity index (χ2v) is 2.71. The fourth-order valence-corrected chi connectivity index (χ4v) is 1.14. The molecule has 1 heteroatoms. The fourth-order valence-electron chi connectivity index (χ4n) is 1.14. The van der Waals surface area contributed by atoms with Crippen LogP contribution in [0.25, 0.3) is 0 Å². The average molecular weight is 137 g/mol.